The monoisotopic (exact) mass is 363 g/mol. The third-order valence-corrected chi connectivity index (χ3v) is 1.54. The van der Waals surface area contributed by atoms with Gasteiger partial charge in [0.2, 0.25) is 0 Å². The molecule has 21 heavy (non-hydrogen) atoms. The third kappa shape index (κ3) is 66.2. The van der Waals surface area contributed by atoms with Crippen LogP contribution in [0.3, 0.4) is 0 Å². The van der Waals surface area contributed by atoms with Crippen molar-refractivity contribution < 1.29 is 32.4 Å². The SMILES string of the molecule is CC([OH2+])CNCCN.CC([OH2+])CNCCN.O=[N+]([O-])[O-].[Cu+2]. The van der Waals surface area contributed by atoms with Gasteiger partial charge < -0.3 is 47.6 Å². The molecule has 0 aromatic carbocycles. The molecule has 0 saturated heterocycles. The molecule has 0 rings (SSSR count). The van der Waals surface area contributed by atoms with E-state index in [1.807, 2.05) is 13.8 Å². The van der Waals surface area contributed by atoms with Crippen LogP contribution in [0.2, 0.25) is 0 Å². The molecule has 0 spiro atoms. The van der Waals surface area contributed by atoms with Gasteiger partial charge >= 0.3 is 17.1 Å². The van der Waals surface area contributed by atoms with Crippen LogP contribution >= 0.6 is 0 Å². The van der Waals surface area contributed by atoms with Gasteiger partial charge in [-0.05, 0) is 0 Å². The molecule has 2 atom stereocenters. The standard InChI is InChI=1S/2C5H14N2O.Cu.NO3/c2*1-5(8)4-7-3-2-6;;2-1(3)4/h2*5,7-8H,2-4,6H2,1H3;;/q;;+2;-1/p+2. The zero-order valence-electron chi connectivity index (χ0n) is 12.5. The van der Waals surface area contributed by atoms with Crippen LogP contribution in [0.4, 0.5) is 0 Å². The first-order valence-corrected chi connectivity index (χ1v) is 6.33. The molecular formula is C10H30CuN5O5+3. The van der Waals surface area contributed by atoms with E-state index in [-0.39, 0.29) is 29.3 Å². The maximum absolute atomic E-state index is 8.25. The van der Waals surface area contributed by atoms with Gasteiger partial charge in [-0.25, -0.2) is 0 Å². The van der Waals surface area contributed by atoms with E-state index in [9.17, 15) is 0 Å². The zero-order valence-corrected chi connectivity index (χ0v) is 13.5. The molecule has 0 saturated carbocycles. The summed E-state index contributed by atoms with van der Waals surface area (Å²) < 4.78 is 0. The minimum Gasteiger partial charge on any atom is -0.442 e. The second-order valence-electron chi connectivity index (χ2n) is 4.01. The van der Waals surface area contributed by atoms with E-state index < -0.39 is 5.09 Å². The Morgan fingerprint density at radius 2 is 1.24 bits per heavy atom. The van der Waals surface area contributed by atoms with E-state index in [1.165, 1.54) is 0 Å². The van der Waals surface area contributed by atoms with Crippen molar-refractivity contribution in [2.24, 2.45) is 11.5 Å². The Bertz CT molecular complexity index is 183. The van der Waals surface area contributed by atoms with Gasteiger partial charge in [-0.3, -0.25) is 0 Å². The molecular weight excluding hydrogens is 334 g/mol. The van der Waals surface area contributed by atoms with Gasteiger partial charge in [0.05, 0.1) is 18.2 Å². The van der Waals surface area contributed by atoms with E-state index in [0.29, 0.717) is 13.1 Å². The molecule has 0 bridgehead atoms. The average Bonchev–Trinajstić information content (AvgIpc) is 2.29. The number of hydrogen-bond acceptors (Lipinski definition) is 7. The number of nitrogens with zero attached hydrogens (tertiary/aromatic N) is 1. The molecule has 0 aliphatic carbocycles. The fourth-order valence-corrected chi connectivity index (χ4v) is 0.841. The van der Waals surface area contributed by atoms with Gasteiger partial charge in [0.25, 0.3) is 0 Å². The maximum Gasteiger partial charge on any atom is 2.00 e. The van der Waals surface area contributed by atoms with Crippen LogP contribution in [0.15, 0.2) is 0 Å². The minimum atomic E-state index is -1.75. The summed E-state index contributed by atoms with van der Waals surface area (Å²) in [5, 5.41) is 34.9. The Hall–Kier alpha value is -0.521. The number of rotatable bonds is 8. The van der Waals surface area contributed by atoms with Crippen LogP contribution in [-0.2, 0) is 17.1 Å². The molecule has 0 aromatic rings. The van der Waals surface area contributed by atoms with Crippen molar-refractivity contribution in [2.75, 3.05) is 39.3 Å². The van der Waals surface area contributed by atoms with E-state index in [4.69, 9.17) is 37.0 Å². The van der Waals surface area contributed by atoms with E-state index in [0.717, 1.165) is 26.2 Å². The quantitative estimate of drug-likeness (QED) is 0.116. The van der Waals surface area contributed by atoms with Crippen molar-refractivity contribution >= 4 is 0 Å². The van der Waals surface area contributed by atoms with Crippen LogP contribution in [0, 0.1) is 15.3 Å². The molecule has 0 aromatic heterocycles. The Balaban J connectivity index is -0.000000107. The van der Waals surface area contributed by atoms with Gasteiger partial charge in [0.1, 0.15) is 0 Å². The predicted octanol–water partition coefficient (Wildman–Crippen LogP) is -2.95. The summed E-state index contributed by atoms with van der Waals surface area (Å²) in [4.78, 5) is 8.25. The van der Waals surface area contributed by atoms with E-state index in [2.05, 4.69) is 10.6 Å². The summed E-state index contributed by atoms with van der Waals surface area (Å²) in [7, 11) is 0. The summed E-state index contributed by atoms with van der Waals surface area (Å²) >= 11 is 0. The summed E-state index contributed by atoms with van der Waals surface area (Å²) in [5.41, 5.74) is 10.4. The van der Waals surface area contributed by atoms with Crippen molar-refractivity contribution in [3.8, 4) is 0 Å². The Morgan fingerprint density at radius 1 is 1.00 bits per heavy atom. The molecule has 2 unspecified atom stereocenters. The molecule has 0 aliphatic rings. The topological polar surface area (TPSA) is 188 Å². The van der Waals surface area contributed by atoms with Crippen molar-refractivity contribution in [1.82, 2.24) is 10.6 Å². The van der Waals surface area contributed by atoms with E-state index >= 15 is 0 Å². The van der Waals surface area contributed by atoms with Gasteiger partial charge in [0, 0.05) is 40.0 Å². The molecule has 10 N–H and O–H groups in total. The predicted molar refractivity (Wildman–Crippen MR) is 80.4 cm³/mol. The van der Waals surface area contributed by atoms with Crippen LogP contribution in [0.5, 0.6) is 0 Å². The normalized spacial score (nSPS) is 11.7. The Morgan fingerprint density at radius 3 is 1.38 bits per heavy atom. The first-order valence-electron chi connectivity index (χ1n) is 6.33. The molecule has 0 aliphatic heterocycles. The van der Waals surface area contributed by atoms with Gasteiger partial charge in [-0.1, -0.05) is 0 Å². The van der Waals surface area contributed by atoms with Crippen LogP contribution in [-0.4, -0.2) is 66.8 Å². The van der Waals surface area contributed by atoms with Crippen LogP contribution < -0.4 is 22.1 Å². The van der Waals surface area contributed by atoms with Crippen molar-refractivity contribution in [3.05, 3.63) is 15.3 Å². The molecule has 11 heteroatoms. The number of nitrogens with two attached hydrogens (primary N) is 2. The first kappa shape index (κ1) is 28.6. The van der Waals surface area contributed by atoms with Crippen molar-refractivity contribution in [3.63, 3.8) is 0 Å². The van der Waals surface area contributed by atoms with Crippen molar-refractivity contribution in [1.29, 1.82) is 0 Å². The smallest absolute Gasteiger partial charge is 0.442 e. The van der Waals surface area contributed by atoms with E-state index in [1.54, 1.807) is 0 Å². The second-order valence-corrected chi connectivity index (χ2v) is 4.01. The summed E-state index contributed by atoms with van der Waals surface area (Å²) in [6, 6.07) is 0. The largest absolute Gasteiger partial charge is 2.00 e. The fourth-order valence-electron chi connectivity index (χ4n) is 0.841. The summed E-state index contributed by atoms with van der Waals surface area (Å²) in [6.07, 6.45) is -0.0249. The first-order chi connectivity index (χ1) is 9.27. The second kappa shape index (κ2) is 24.5. The summed E-state index contributed by atoms with van der Waals surface area (Å²) in [6.45, 7) is 8.16. The van der Waals surface area contributed by atoms with Crippen LogP contribution in [0.25, 0.3) is 0 Å². The fraction of sp³-hybridized carbons (Fsp3) is 1.00. The number of nitrogens with one attached hydrogen (secondary N) is 2. The Kier molecular flexibility index (Phi) is 33.4. The Labute approximate surface area is 135 Å². The van der Waals surface area contributed by atoms with Gasteiger partial charge in [-0.2, -0.15) is 0 Å². The van der Waals surface area contributed by atoms with Gasteiger partial charge in [-0.15, -0.1) is 0 Å². The van der Waals surface area contributed by atoms with Crippen molar-refractivity contribution in [2.45, 2.75) is 26.1 Å². The molecule has 1 radical (unpaired) electrons. The van der Waals surface area contributed by atoms with Crippen LogP contribution in [0.1, 0.15) is 13.8 Å². The molecule has 10 nitrogen and oxygen atoms in total. The average molecular weight is 364 g/mol. The van der Waals surface area contributed by atoms with Gasteiger partial charge in [0.15, 0.2) is 12.2 Å². The minimum absolute atomic E-state index is 0. The molecule has 0 fully saturated rings. The number of hydrogen-bond donors (Lipinski definition) is 4. The summed E-state index contributed by atoms with van der Waals surface area (Å²) in [5.74, 6) is 0. The molecule has 0 heterocycles. The molecule has 0 amide bonds. The maximum atomic E-state index is 8.25. The molecule has 133 valence electrons. The zero-order chi connectivity index (χ0) is 16.4. The third-order valence-electron chi connectivity index (χ3n) is 1.54.